The molecule has 0 saturated carbocycles. The molecule has 4 heteroatoms. The second kappa shape index (κ2) is 4.51. The first-order valence-electron chi connectivity index (χ1n) is 5.19. The smallest absolute Gasteiger partial charge is 0.314 e. The molecular formula is C10H18F3N. The molecule has 1 aliphatic heterocycles. The van der Waals surface area contributed by atoms with Crippen molar-refractivity contribution in [2.75, 3.05) is 6.54 Å². The second-order valence-corrected chi connectivity index (χ2v) is 4.54. The van der Waals surface area contributed by atoms with Crippen LogP contribution in [0, 0.1) is 11.8 Å². The third kappa shape index (κ3) is 3.48. The van der Waals surface area contributed by atoms with Crippen LogP contribution < -0.4 is 5.32 Å². The molecule has 14 heavy (non-hydrogen) atoms. The molecule has 1 rings (SSSR count). The zero-order chi connectivity index (χ0) is 10.8. The van der Waals surface area contributed by atoms with Gasteiger partial charge in [0.25, 0.3) is 0 Å². The highest BCUT2D eigenvalue weighted by Crippen LogP contribution is 2.35. The lowest BCUT2D eigenvalue weighted by atomic mass is 9.88. The van der Waals surface area contributed by atoms with Gasteiger partial charge in [-0.2, -0.15) is 13.2 Å². The fraction of sp³-hybridized carbons (Fsp3) is 1.00. The molecule has 1 fully saturated rings. The number of nitrogens with one attached hydrogen (secondary N) is 1. The Morgan fingerprint density at radius 3 is 2.50 bits per heavy atom. The third-order valence-corrected chi connectivity index (χ3v) is 2.71. The zero-order valence-corrected chi connectivity index (χ0v) is 8.69. The van der Waals surface area contributed by atoms with Crippen molar-refractivity contribution >= 4 is 0 Å². The maximum absolute atomic E-state index is 12.4. The van der Waals surface area contributed by atoms with Crippen molar-refractivity contribution in [2.45, 2.75) is 45.3 Å². The summed E-state index contributed by atoms with van der Waals surface area (Å²) in [7, 11) is 0. The van der Waals surface area contributed by atoms with E-state index in [2.05, 4.69) is 5.32 Å². The summed E-state index contributed by atoms with van der Waals surface area (Å²) in [5.41, 5.74) is 0. The average molecular weight is 209 g/mol. The molecule has 0 amide bonds. The van der Waals surface area contributed by atoms with Crippen LogP contribution in [0.4, 0.5) is 13.2 Å². The van der Waals surface area contributed by atoms with Gasteiger partial charge in [0.15, 0.2) is 0 Å². The predicted octanol–water partition coefficient (Wildman–Crippen LogP) is 2.96. The lowest BCUT2D eigenvalue weighted by Gasteiger charge is -2.32. The van der Waals surface area contributed by atoms with Crippen molar-refractivity contribution < 1.29 is 13.2 Å². The minimum Gasteiger partial charge on any atom is -0.314 e. The van der Waals surface area contributed by atoms with Crippen LogP contribution >= 0.6 is 0 Å². The van der Waals surface area contributed by atoms with Crippen molar-refractivity contribution in [1.82, 2.24) is 5.32 Å². The maximum Gasteiger partial charge on any atom is 0.391 e. The SMILES string of the molecule is CC(C)CC1CC(C(F)(F)F)CCN1. The Bertz CT molecular complexity index is 177. The number of hydrogen-bond donors (Lipinski definition) is 1. The molecule has 1 nitrogen and oxygen atoms in total. The highest BCUT2D eigenvalue weighted by molar-refractivity contribution is 4.82. The lowest BCUT2D eigenvalue weighted by Crippen LogP contribution is -2.43. The molecule has 1 N–H and O–H groups in total. The third-order valence-electron chi connectivity index (χ3n) is 2.71. The highest BCUT2D eigenvalue weighted by atomic mass is 19.4. The van der Waals surface area contributed by atoms with Crippen molar-refractivity contribution in [1.29, 1.82) is 0 Å². The van der Waals surface area contributed by atoms with Crippen molar-refractivity contribution in [3.05, 3.63) is 0 Å². The van der Waals surface area contributed by atoms with E-state index in [0.29, 0.717) is 12.5 Å². The topological polar surface area (TPSA) is 12.0 Å². The van der Waals surface area contributed by atoms with E-state index in [1.807, 2.05) is 13.8 Å². The largest absolute Gasteiger partial charge is 0.391 e. The summed E-state index contributed by atoms with van der Waals surface area (Å²) in [6, 6.07) is 0.0513. The standard InChI is InChI=1S/C10H18F3N/c1-7(2)5-9-6-8(3-4-14-9)10(11,12)13/h7-9,14H,3-6H2,1-2H3. The van der Waals surface area contributed by atoms with Crippen molar-refractivity contribution in [2.24, 2.45) is 11.8 Å². The molecule has 0 radical (unpaired) electrons. The van der Waals surface area contributed by atoms with Crippen LogP contribution in [0.2, 0.25) is 0 Å². The van der Waals surface area contributed by atoms with Crippen LogP contribution in [0.25, 0.3) is 0 Å². The molecule has 1 heterocycles. The van der Waals surface area contributed by atoms with E-state index in [0.717, 1.165) is 6.42 Å². The molecule has 1 saturated heterocycles. The van der Waals surface area contributed by atoms with Gasteiger partial charge in [0, 0.05) is 6.04 Å². The monoisotopic (exact) mass is 209 g/mol. The Kier molecular flexibility index (Phi) is 3.81. The highest BCUT2D eigenvalue weighted by Gasteiger charge is 2.41. The van der Waals surface area contributed by atoms with E-state index < -0.39 is 12.1 Å². The van der Waals surface area contributed by atoms with Crippen LogP contribution in [0.3, 0.4) is 0 Å². The van der Waals surface area contributed by atoms with Gasteiger partial charge in [0.1, 0.15) is 0 Å². The summed E-state index contributed by atoms with van der Waals surface area (Å²) >= 11 is 0. The summed E-state index contributed by atoms with van der Waals surface area (Å²) in [4.78, 5) is 0. The van der Waals surface area contributed by atoms with Gasteiger partial charge >= 0.3 is 6.18 Å². The molecule has 84 valence electrons. The fourth-order valence-electron chi connectivity index (χ4n) is 2.05. The van der Waals surface area contributed by atoms with Gasteiger partial charge in [-0.15, -0.1) is 0 Å². The lowest BCUT2D eigenvalue weighted by molar-refractivity contribution is -0.183. The normalized spacial score (nSPS) is 29.6. The predicted molar refractivity (Wildman–Crippen MR) is 50.0 cm³/mol. The van der Waals surface area contributed by atoms with E-state index in [4.69, 9.17) is 0 Å². The van der Waals surface area contributed by atoms with Gasteiger partial charge in [0.05, 0.1) is 5.92 Å². The van der Waals surface area contributed by atoms with E-state index in [-0.39, 0.29) is 18.9 Å². The summed E-state index contributed by atoms with van der Waals surface area (Å²) in [5, 5.41) is 3.15. The molecule has 0 bridgehead atoms. The van der Waals surface area contributed by atoms with E-state index in [1.165, 1.54) is 0 Å². The average Bonchev–Trinajstić information content (AvgIpc) is 2.01. The first-order chi connectivity index (χ1) is 6.39. The summed E-state index contributed by atoms with van der Waals surface area (Å²) < 4.78 is 37.3. The van der Waals surface area contributed by atoms with Gasteiger partial charge in [-0.3, -0.25) is 0 Å². The fourth-order valence-corrected chi connectivity index (χ4v) is 2.05. The van der Waals surface area contributed by atoms with Gasteiger partial charge in [0.2, 0.25) is 0 Å². The van der Waals surface area contributed by atoms with Crippen molar-refractivity contribution in [3.63, 3.8) is 0 Å². The molecule has 2 unspecified atom stereocenters. The number of alkyl halides is 3. The maximum atomic E-state index is 12.4. The summed E-state index contributed by atoms with van der Waals surface area (Å²) in [6.45, 7) is 4.58. The van der Waals surface area contributed by atoms with E-state index >= 15 is 0 Å². The molecule has 0 aromatic heterocycles. The molecule has 2 atom stereocenters. The van der Waals surface area contributed by atoms with Crippen LogP contribution in [-0.2, 0) is 0 Å². The van der Waals surface area contributed by atoms with Crippen LogP contribution in [0.5, 0.6) is 0 Å². The quantitative estimate of drug-likeness (QED) is 0.737. The first kappa shape index (κ1) is 11.8. The number of hydrogen-bond acceptors (Lipinski definition) is 1. The molecule has 1 aliphatic rings. The molecular weight excluding hydrogens is 191 g/mol. The Morgan fingerprint density at radius 1 is 1.36 bits per heavy atom. The van der Waals surface area contributed by atoms with Crippen LogP contribution in [0.1, 0.15) is 33.1 Å². The second-order valence-electron chi connectivity index (χ2n) is 4.54. The van der Waals surface area contributed by atoms with Crippen molar-refractivity contribution in [3.8, 4) is 0 Å². The number of piperidine rings is 1. The van der Waals surface area contributed by atoms with E-state index in [9.17, 15) is 13.2 Å². The molecule has 0 aromatic carbocycles. The van der Waals surface area contributed by atoms with Gasteiger partial charge in [-0.05, 0) is 31.7 Å². The molecule has 0 spiro atoms. The Morgan fingerprint density at radius 2 is 2.00 bits per heavy atom. The number of rotatable bonds is 2. The Labute approximate surface area is 83.1 Å². The van der Waals surface area contributed by atoms with Gasteiger partial charge < -0.3 is 5.32 Å². The number of halogens is 3. The Balaban J connectivity index is 2.44. The van der Waals surface area contributed by atoms with Crippen LogP contribution in [0.15, 0.2) is 0 Å². The summed E-state index contributed by atoms with van der Waals surface area (Å²) in [5.74, 6) is -0.632. The molecule has 0 aromatic rings. The first-order valence-corrected chi connectivity index (χ1v) is 5.19. The van der Waals surface area contributed by atoms with Gasteiger partial charge in [-0.25, -0.2) is 0 Å². The van der Waals surface area contributed by atoms with Gasteiger partial charge in [-0.1, -0.05) is 13.8 Å². The summed E-state index contributed by atoms with van der Waals surface area (Å²) in [6.07, 6.45) is -2.68. The molecule has 0 aliphatic carbocycles. The minimum absolute atomic E-state index is 0.0513. The Hall–Kier alpha value is -0.250. The van der Waals surface area contributed by atoms with Crippen LogP contribution in [-0.4, -0.2) is 18.8 Å². The zero-order valence-electron chi connectivity index (χ0n) is 8.69. The van der Waals surface area contributed by atoms with E-state index in [1.54, 1.807) is 0 Å². The minimum atomic E-state index is -4.00.